The van der Waals surface area contributed by atoms with Crippen LogP contribution in [0.4, 0.5) is 0 Å². The Morgan fingerprint density at radius 1 is 1.30 bits per heavy atom. The van der Waals surface area contributed by atoms with Gasteiger partial charge in [-0.1, -0.05) is 31.1 Å². The second kappa shape index (κ2) is 7.82. The highest BCUT2D eigenvalue weighted by atomic mass is 15.2. The number of imidazole rings is 1. The second-order valence-corrected chi connectivity index (χ2v) is 5.18. The quantitative estimate of drug-likeness (QED) is 0.319. The average Bonchev–Trinajstić information content (AvgIpc) is 2.89. The van der Waals surface area contributed by atoms with Crippen molar-refractivity contribution in [3.8, 4) is 0 Å². The topological polar surface area (TPSA) is 55.9 Å². The van der Waals surface area contributed by atoms with Crippen LogP contribution in [0.15, 0.2) is 43.2 Å². The van der Waals surface area contributed by atoms with Gasteiger partial charge in [-0.3, -0.25) is 11.3 Å². The lowest BCUT2D eigenvalue weighted by Crippen LogP contribution is -2.38. The van der Waals surface area contributed by atoms with Gasteiger partial charge in [-0.2, -0.15) is 0 Å². The third-order valence-corrected chi connectivity index (χ3v) is 3.64. The number of nitrogens with one attached hydrogen (secondary N) is 1. The Hall–Kier alpha value is -1.65. The maximum absolute atomic E-state index is 5.67. The number of nitrogens with two attached hydrogens (primary N) is 1. The summed E-state index contributed by atoms with van der Waals surface area (Å²) in [6.45, 7) is 4.61. The Balaban J connectivity index is 1.87. The van der Waals surface area contributed by atoms with Gasteiger partial charge in [-0.25, -0.2) is 4.98 Å². The molecule has 1 aromatic heterocycles. The molecular formula is C16H24N4. The van der Waals surface area contributed by atoms with Gasteiger partial charge in [0, 0.05) is 12.6 Å². The third-order valence-electron chi connectivity index (χ3n) is 3.64. The monoisotopic (exact) mass is 272 g/mol. The van der Waals surface area contributed by atoms with E-state index < -0.39 is 0 Å². The molecule has 0 aliphatic rings. The van der Waals surface area contributed by atoms with Crippen LogP contribution in [0.3, 0.4) is 0 Å². The molecule has 0 saturated carbocycles. The van der Waals surface area contributed by atoms with Crippen LogP contribution in [-0.4, -0.2) is 15.6 Å². The van der Waals surface area contributed by atoms with Gasteiger partial charge in [0.1, 0.15) is 0 Å². The fraction of sp³-hybridized carbons (Fsp3) is 0.438. The first-order valence-corrected chi connectivity index (χ1v) is 7.32. The smallest absolute Gasteiger partial charge is 0.0958 e. The number of rotatable bonds is 9. The Morgan fingerprint density at radius 3 is 2.95 bits per heavy atom. The van der Waals surface area contributed by atoms with Gasteiger partial charge in [0.2, 0.25) is 0 Å². The van der Waals surface area contributed by atoms with Crippen LogP contribution in [-0.2, 0) is 6.54 Å². The standard InChI is InChI=1S/C16H24N4/c1-2-3-4-5-6-9-14(19-17)12-20-13-18-15-10-7-8-11-16(15)20/h2,7-8,10-11,13-14,19H,1,3-6,9,12,17H2. The maximum Gasteiger partial charge on any atom is 0.0958 e. The number of allylic oxidation sites excluding steroid dienone is 1. The normalized spacial score (nSPS) is 12.7. The fourth-order valence-electron chi connectivity index (χ4n) is 2.48. The predicted octanol–water partition coefficient (Wildman–Crippen LogP) is 3.00. The number of unbranched alkanes of at least 4 members (excludes halogenated alkanes) is 3. The molecule has 0 spiro atoms. The van der Waals surface area contributed by atoms with Gasteiger partial charge < -0.3 is 4.57 Å². The largest absolute Gasteiger partial charge is 0.329 e. The van der Waals surface area contributed by atoms with E-state index in [0.29, 0.717) is 0 Å². The molecule has 1 heterocycles. The number of hydrogen-bond acceptors (Lipinski definition) is 3. The Kier molecular flexibility index (Phi) is 5.77. The number of aromatic nitrogens is 2. The zero-order chi connectivity index (χ0) is 14.2. The predicted molar refractivity (Wildman–Crippen MR) is 84.1 cm³/mol. The van der Waals surface area contributed by atoms with Crippen molar-refractivity contribution < 1.29 is 0 Å². The first-order chi connectivity index (χ1) is 9.85. The lowest BCUT2D eigenvalue weighted by Gasteiger charge is -2.16. The summed E-state index contributed by atoms with van der Waals surface area (Å²) in [4.78, 5) is 4.41. The summed E-state index contributed by atoms with van der Waals surface area (Å²) < 4.78 is 2.17. The molecule has 4 heteroatoms. The number of nitrogens with zero attached hydrogens (tertiary/aromatic N) is 2. The van der Waals surface area contributed by atoms with E-state index in [2.05, 4.69) is 27.6 Å². The molecule has 108 valence electrons. The van der Waals surface area contributed by atoms with Gasteiger partial charge in [0.05, 0.1) is 17.4 Å². The SMILES string of the molecule is C=CCCCCCC(Cn1cnc2ccccc21)NN. The van der Waals surface area contributed by atoms with Crippen LogP contribution in [0.2, 0.25) is 0 Å². The molecule has 1 aromatic carbocycles. The molecule has 2 rings (SSSR count). The summed E-state index contributed by atoms with van der Waals surface area (Å²) in [6, 6.07) is 8.47. The van der Waals surface area contributed by atoms with E-state index in [9.17, 15) is 0 Å². The third kappa shape index (κ3) is 3.92. The summed E-state index contributed by atoms with van der Waals surface area (Å²) in [5.74, 6) is 5.67. The summed E-state index contributed by atoms with van der Waals surface area (Å²) >= 11 is 0. The number of fused-ring (bicyclic) bond motifs is 1. The number of benzene rings is 1. The molecule has 2 aromatic rings. The van der Waals surface area contributed by atoms with Gasteiger partial charge in [-0.15, -0.1) is 6.58 Å². The van der Waals surface area contributed by atoms with Crippen LogP contribution in [0, 0.1) is 0 Å². The molecule has 0 radical (unpaired) electrons. The Morgan fingerprint density at radius 2 is 2.15 bits per heavy atom. The molecular weight excluding hydrogens is 248 g/mol. The van der Waals surface area contributed by atoms with E-state index >= 15 is 0 Å². The summed E-state index contributed by atoms with van der Waals surface area (Å²) in [6.07, 6.45) is 9.70. The van der Waals surface area contributed by atoms with Gasteiger partial charge in [0.15, 0.2) is 0 Å². The van der Waals surface area contributed by atoms with Crippen LogP contribution in [0.5, 0.6) is 0 Å². The van der Waals surface area contributed by atoms with E-state index in [1.807, 2.05) is 30.6 Å². The minimum atomic E-state index is 0.288. The van der Waals surface area contributed by atoms with Crippen LogP contribution in [0.1, 0.15) is 32.1 Å². The molecule has 1 unspecified atom stereocenters. The molecule has 0 bridgehead atoms. The minimum Gasteiger partial charge on any atom is -0.329 e. The Bertz CT molecular complexity index is 532. The fourth-order valence-corrected chi connectivity index (χ4v) is 2.48. The highest BCUT2D eigenvalue weighted by molar-refractivity contribution is 5.74. The molecule has 20 heavy (non-hydrogen) atoms. The summed E-state index contributed by atoms with van der Waals surface area (Å²) in [5, 5.41) is 0. The zero-order valence-corrected chi connectivity index (χ0v) is 12.0. The number of hydrazine groups is 1. The highest BCUT2D eigenvalue weighted by Crippen LogP contribution is 2.14. The molecule has 0 saturated heterocycles. The highest BCUT2D eigenvalue weighted by Gasteiger charge is 2.09. The first-order valence-electron chi connectivity index (χ1n) is 7.32. The van der Waals surface area contributed by atoms with Crippen molar-refractivity contribution in [1.82, 2.24) is 15.0 Å². The molecule has 4 nitrogen and oxygen atoms in total. The minimum absolute atomic E-state index is 0.288. The van der Waals surface area contributed by atoms with Crippen molar-refractivity contribution in [3.05, 3.63) is 43.2 Å². The molecule has 1 atom stereocenters. The maximum atomic E-state index is 5.67. The van der Waals surface area contributed by atoms with Gasteiger partial charge in [-0.05, 0) is 31.4 Å². The lowest BCUT2D eigenvalue weighted by atomic mass is 10.1. The van der Waals surface area contributed by atoms with E-state index in [1.165, 1.54) is 24.8 Å². The number of hydrogen-bond donors (Lipinski definition) is 2. The van der Waals surface area contributed by atoms with Crippen molar-refractivity contribution >= 4 is 11.0 Å². The van der Waals surface area contributed by atoms with E-state index in [1.54, 1.807) is 0 Å². The summed E-state index contributed by atoms with van der Waals surface area (Å²) in [5.41, 5.74) is 5.13. The van der Waals surface area contributed by atoms with Crippen molar-refractivity contribution in [2.75, 3.05) is 0 Å². The molecule has 0 aliphatic heterocycles. The first kappa shape index (κ1) is 14.8. The van der Waals surface area contributed by atoms with Gasteiger partial charge >= 0.3 is 0 Å². The molecule has 0 fully saturated rings. The van der Waals surface area contributed by atoms with E-state index in [0.717, 1.165) is 24.9 Å². The van der Waals surface area contributed by atoms with E-state index in [-0.39, 0.29) is 6.04 Å². The van der Waals surface area contributed by atoms with Crippen molar-refractivity contribution in [2.45, 2.75) is 44.7 Å². The average molecular weight is 272 g/mol. The van der Waals surface area contributed by atoms with Crippen molar-refractivity contribution in [1.29, 1.82) is 0 Å². The summed E-state index contributed by atoms with van der Waals surface area (Å²) in [7, 11) is 0. The molecule has 3 N–H and O–H groups in total. The molecule has 0 amide bonds. The van der Waals surface area contributed by atoms with Crippen molar-refractivity contribution in [3.63, 3.8) is 0 Å². The van der Waals surface area contributed by atoms with Gasteiger partial charge in [0.25, 0.3) is 0 Å². The van der Waals surface area contributed by atoms with E-state index in [4.69, 9.17) is 5.84 Å². The van der Waals surface area contributed by atoms with Crippen molar-refractivity contribution in [2.24, 2.45) is 5.84 Å². The van der Waals surface area contributed by atoms with Crippen LogP contribution < -0.4 is 11.3 Å². The Labute approximate surface area is 120 Å². The van der Waals surface area contributed by atoms with Crippen LogP contribution >= 0.6 is 0 Å². The second-order valence-electron chi connectivity index (χ2n) is 5.18. The number of para-hydroxylation sites is 2. The zero-order valence-electron chi connectivity index (χ0n) is 12.0. The molecule has 0 aliphatic carbocycles. The lowest BCUT2D eigenvalue weighted by molar-refractivity contribution is 0.419. The van der Waals surface area contributed by atoms with Crippen LogP contribution in [0.25, 0.3) is 11.0 Å².